The molecule has 82 valence electrons. The Kier molecular flexibility index (Phi) is 3.71. The summed E-state index contributed by atoms with van der Waals surface area (Å²) in [4.78, 5) is 1.33. The van der Waals surface area contributed by atoms with Crippen LogP contribution in [0.2, 0.25) is 0 Å². The lowest BCUT2D eigenvalue weighted by molar-refractivity contribution is 0.569. The molecule has 2 rings (SSSR count). The Morgan fingerprint density at radius 1 is 1.40 bits per heavy atom. The molecule has 1 nitrogen and oxygen atoms in total. The molecule has 0 saturated heterocycles. The van der Waals surface area contributed by atoms with Gasteiger partial charge < -0.3 is 5.73 Å². The van der Waals surface area contributed by atoms with E-state index in [1.807, 2.05) is 0 Å². The Morgan fingerprint density at radius 3 is 2.80 bits per heavy atom. The summed E-state index contributed by atoms with van der Waals surface area (Å²) in [6.07, 6.45) is 7.42. The highest BCUT2D eigenvalue weighted by molar-refractivity contribution is 7.98. The first kappa shape index (κ1) is 11.0. The summed E-state index contributed by atoms with van der Waals surface area (Å²) in [7, 11) is 0. The number of thioether (sulfide) groups is 1. The monoisotopic (exact) mass is 221 g/mol. The average Bonchev–Trinajstić information content (AvgIpc) is 3.09. The molecule has 1 fully saturated rings. The second kappa shape index (κ2) is 5.04. The summed E-state index contributed by atoms with van der Waals surface area (Å²) in [6.45, 7) is 0. The molecule has 1 atom stereocenters. The Bertz CT molecular complexity index is 320. The van der Waals surface area contributed by atoms with E-state index in [1.54, 1.807) is 11.8 Å². The number of nitrogens with two attached hydrogens (primary N) is 1. The fraction of sp³-hybridized carbons (Fsp3) is 0.538. The minimum atomic E-state index is 0.231. The minimum Gasteiger partial charge on any atom is -0.324 e. The summed E-state index contributed by atoms with van der Waals surface area (Å²) in [6, 6.07) is 8.74. The van der Waals surface area contributed by atoms with Crippen LogP contribution in [0.1, 0.15) is 37.3 Å². The molecule has 0 aromatic heterocycles. The van der Waals surface area contributed by atoms with E-state index in [0.29, 0.717) is 0 Å². The Balaban J connectivity index is 1.98. The second-order valence-corrected chi connectivity index (χ2v) is 5.22. The molecule has 0 amide bonds. The van der Waals surface area contributed by atoms with Crippen LogP contribution in [0.5, 0.6) is 0 Å². The lowest BCUT2D eigenvalue weighted by atomic mass is 10.0. The summed E-state index contributed by atoms with van der Waals surface area (Å²) in [5, 5.41) is 0. The van der Waals surface area contributed by atoms with E-state index in [1.165, 1.54) is 29.7 Å². The van der Waals surface area contributed by atoms with Gasteiger partial charge in [0, 0.05) is 10.9 Å². The van der Waals surface area contributed by atoms with Crippen molar-refractivity contribution in [2.45, 2.75) is 36.6 Å². The molecule has 2 heteroatoms. The van der Waals surface area contributed by atoms with Crippen LogP contribution < -0.4 is 5.73 Å². The molecule has 1 aliphatic carbocycles. The van der Waals surface area contributed by atoms with Crippen molar-refractivity contribution in [3.8, 4) is 0 Å². The Labute approximate surface area is 96.4 Å². The van der Waals surface area contributed by atoms with Gasteiger partial charge in [0.05, 0.1) is 0 Å². The van der Waals surface area contributed by atoms with E-state index in [2.05, 4.69) is 30.5 Å². The molecule has 1 saturated carbocycles. The average molecular weight is 221 g/mol. The number of benzene rings is 1. The third kappa shape index (κ3) is 2.99. The van der Waals surface area contributed by atoms with Gasteiger partial charge in [-0.1, -0.05) is 31.0 Å². The van der Waals surface area contributed by atoms with Gasteiger partial charge in [0.2, 0.25) is 0 Å². The van der Waals surface area contributed by atoms with E-state index >= 15 is 0 Å². The third-order valence-electron chi connectivity index (χ3n) is 3.12. The van der Waals surface area contributed by atoms with E-state index in [9.17, 15) is 0 Å². The van der Waals surface area contributed by atoms with Gasteiger partial charge in [0.1, 0.15) is 0 Å². The van der Waals surface area contributed by atoms with Gasteiger partial charge in [0.15, 0.2) is 0 Å². The summed E-state index contributed by atoms with van der Waals surface area (Å²) in [5.74, 6) is 0.984. The van der Waals surface area contributed by atoms with E-state index in [-0.39, 0.29) is 6.04 Å². The maximum atomic E-state index is 6.23. The molecule has 0 radical (unpaired) electrons. The molecule has 0 spiro atoms. The van der Waals surface area contributed by atoms with Crippen LogP contribution in [0, 0.1) is 5.92 Å². The van der Waals surface area contributed by atoms with E-state index in [4.69, 9.17) is 5.73 Å². The predicted molar refractivity (Wildman–Crippen MR) is 67.1 cm³/mol. The van der Waals surface area contributed by atoms with Crippen LogP contribution >= 0.6 is 11.8 Å². The van der Waals surface area contributed by atoms with Gasteiger partial charge in [-0.15, -0.1) is 11.8 Å². The fourth-order valence-corrected chi connectivity index (χ4v) is 2.62. The topological polar surface area (TPSA) is 26.0 Å². The van der Waals surface area contributed by atoms with Crippen LogP contribution in [0.25, 0.3) is 0 Å². The van der Waals surface area contributed by atoms with Crippen LogP contribution in [-0.4, -0.2) is 6.26 Å². The van der Waals surface area contributed by atoms with Crippen molar-refractivity contribution in [2.24, 2.45) is 11.7 Å². The van der Waals surface area contributed by atoms with E-state index < -0.39 is 0 Å². The zero-order valence-corrected chi connectivity index (χ0v) is 10.1. The fourth-order valence-electron chi connectivity index (χ4n) is 1.95. The molecule has 1 aromatic rings. The van der Waals surface area contributed by atoms with Crippen molar-refractivity contribution in [1.82, 2.24) is 0 Å². The zero-order valence-electron chi connectivity index (χ0n) is 9.28. The minimum absolute atomic E-state index is 0.231. The highest BCUT2D eigenvalue weighted by atomic mass is 32.2. The molecule has 1 aromatic carbocycles. The van der Waals surface area contributed by atoms with Gasteiger partial charge in [-0.3, -0.25) is 0 Å². The maximum Gasteiger partial charge on any atom is 0.0306 e. The SMILES string of the molecule is CSc1ccccc1C(N)CCC1CC1. The number of rotatable bonds is 5. The van der Waals surface area contributed by atoms with Gasteiger partial charge in [-0.2, -0.15) is 0 Å². The quantitative estimate of drug-likeness (QED) is 0.769. The first-order chi connectivity index (χ1) is 7.31. The lowest BCUT2D eigenvalue weighted by Crippen LogP contribution is -2.11. The first-order valence-corrected chi connectivity index (χ1v) is 6.92. The normalized spacial score (nSPS) is 17.7. The second-order valence-electron chi connectivity index (χ2n) is 4.37. The summed E-state index contributed by atoms with van der Waals surface area (Å²) >= 11 is 1.79. The van der Waals surface area contributed by atoms with Gasteiger partial charge in [-0.05, 0) is 36.6 Å². The van der Waals surface area contributed by atoms with Crippen molar-refractivity contribution in [2.75, 3.05) is 6.26 Å². The largest absolute Gasteiger partial charge is 0.324 e. The standard InChI is InChI=1S/C13H19NS/c1-15-13-5-3-2-4-11(13)12(14)9-8-10-6-7-10/h2-5,10,12H,6-9,14H2,1H3. The molecule has 15 heavy (non-hydrogen) atoms. The van der Waals surface area contributed by atoms with Crippen LogP contribution in [0.3, 0.4) is 0 Å². The van der Waals surface area contributed by atoms with Crippen molar-refractivity contribution >= 4 is 11.8 Å². The molecule has 1 unspecified atom stereocenters. The zero-order chi connectivity index (χ0) is 10.7. The van der Waals surface area contributed by atoms with Gasteiger partial charge >= 0.3 is 0 Å². The summed E-state index contributed by atoms with van der Waals surface area (Å²) < 4.78 is 0. The lowest BCUT2D eigenvalue weighted by Gasteiger charge is -2.14. The predicted octanol–water partition coefficient (Wildman–Crippen LogP) is 3.60. The summed E-state index contributed by atoms with van der Waals surface area (Å²) in [5.41, 5.74) is 7.56. The highest BCUT2D eigenvalue weighted by Crippen LogP contribution is 2.36. The van der Waals surface area contributed by atoms with Crippen molar-refractivity contribution in [3.63, 3.8) is 0 Å². The molecule has 2 N–H and O–H groups in total. The van der Waals surface area contributed by atoms with Crippen LogP contribution in [-0.2, 0) is 0 Å². The van der Waals surface area contributed by atoms with Crippen LogP contribution in [0.15, 0.2) is 29.2 Å². The van der Waals surface area contributed by atoms with Crippen molar-refractivity contribution in [1.29, 1.82) is 0 Å². The number of hydrogen-bond acceptors (Lipinski definition) is 2. The van der Waals surface area contributed by atoms with Crippen molar-refractivity contribution < 1.29 is 0 Å². The van der Waals surface area contributed by atoms with E-state index in [0.717, 1.165) is 12.3 Å². The molecule has 0 heterocycles. The maximum absolute atomic E-state index is 6.23. The van der Waals surface area contributed by atoms with Crippen molar-refractivity contribution in [3.05, 3.63) is 29.8 Å². The highest BCUT2D eigenvalue weighted by Gasteiger charge is 2.22. The van der Waals surface area contributed by atoms with Gasteiger partial charge in [-0.25, -0.2) is 0 Å². The first-order valence-electron chi connectivity index (χ1n) is 5.69. The smallest absolute Gasteiger partial charge is 0.0306 e. The molecule has 0 bridgehead atoms. The molecular formula is C13H19NS. The Morgan fingerprint density at radius 2 is 2.13 bits per heavy atom. The van der Waals surface area contributed by atoms with Gasteiger partial charge in [0.25, 0.3) is 0 Å². The molecule has 0 aliphatic heterocycles. The Hall–Kier alpha value is -0.470. The number of hydrogen-bond donors (Lipinski definition) is 1. The molecular weight excluding hydrogens is 202 g/mol. The molecule has 1 aliphatic rings. The van der Waals surface area contributed by atoms with Crippen LogP contribution in [0.4, 0.5) is 0 Å². The third-order valence-corrected chi connectivity index (χ3v) is 3.93.